The van der Waals surface area contributed by atoms with Crippen LogP contribution in [0.3, 0.4) is 0 Å². The Morgan fingerprint density at radius 2 is 1.87 bits per heavy atom. The molecule has 2 aromatic rings. The van der Waals surface area contributed by atoms with Crippen LogP contribution in [0.1, 0.15) is 33.6 Å². The Bertz CT molecular complexity index is 923. The number of nitrogens with zero attached hydrogens (tertiary/aromatic N) is 3. The minimum Gasteiger partial charge on any atom is -0.465 e. The number of hydrogen-bond donors (Lipinski definition) is 1. The summed E-state index contributed by atoms with van der Waals surface area (Å²) in [7, 11) is 1.29. The van der Waals surface area contributed by atoms with Gasteiger partial charge in [0.2, 0.25) is 5.95 Å². The lowest BCUT2D eigenvalue weighted by Crippen LogP contribution is -2.38. The summed E-state index contributed by atoms with van der Waals surface area (Å²) in [4.78, 5) is 48.0. The van der Waals surface area contributed by atoms with Crippen molar-refractivity contribution in [3.63, 3.8) is 0 Å². The first-order valence-corrected chi connectivity index (χ1v) is 10.4. The zero-order chi connectivity index (χ0) is 21.7. The summed E-state index contributed by atoms with van der Waals surface area (Å²) in [5.74, 6) is -1.03. The van der Waals surface area contributed by atoms with Crippen molar-refractivity contribution in [3.05, 3.63) is 34.5 Å². The number of nitrogens with one attached hydrogen (secondary N) is 1. The normalized spacial score (nSPS) is 14.3. The summed E-state index contributed by atoms with van der Waals surface area (Å²) in [5, 5.41) is 3.05. The number of aromatic nitrogens is 2. The van der Waals surface area contributed by atoms with Crippen LogP contribution in [0.15, 0.2) is 18.5 Å². The van der Waals surface area contributed by atoms with E-state index >= 15 is 0 Å². The molecule has 0 spiro atoms. The van der Waals surface area contributed by atoms with Crippen LogP contribution >= 0.6 is 11.3 Å². The highest BCUT2D eigenvalue weighted by atomic mass is 32.1. The quantitative estimate of drug-likeness (QED) is 0.693. The zero-order valence-corrected chi connectivity index (χ0v) is 18.0. The lowest BCUT2D eigenvalue weighted by molar-refractivity contribution is -0.152. The summed E-state index contributed by atoms with van der Waals surface area (Å²) in [5.41, 5.74) is 1.09. The summed E-state index contributed by atoms with van der Waals surface area (Å²) >= 11 is 1.28. The Morgan fingerprint density at radius 3 is 2.50 bits per heavy atom. The minimum atomic E-state index is -0.515. The maximum absolute atomic E-state index is 12.4. The maximum atomic E-state index is 12.4. The first-order valence-electron chi connectivity index (χ1n) is 9.57. The lowest BCUT2D eigenvalue weighted by Gasteiger charge is -2.30. The molecule has 1 aliphatic heterocycles. The van der Waals surface area contributed by atoms with Gasteiger partial charge in [0.05, 0.1) is 18.6 Å². The van der Waals surface area contributed by atoms with E-state index in [2.05, 4.69) is 15.3 Å². The number of ether oxygens (including phenoxy) is 2. The van der Waals surface area contributed by atoms with Crippen molar-refractivity contribution >= 4 is 40.1 Å². The number of carbonyl (C=O) groups is 3. The van der Waals surface area contributed by atoms with Gasteiger partial charge in [-0.15, -0.1) is 11.3 Å². The third kappa shape index (κ3) is 4.93. The number of piperidine rings is 1. The van der Waals surface area contributed by atoms with E-state index in [1.165, 1.54) is 18.4 Å². The molecule has 0 bridgehead atoms. The van der Waals surface area contributed by atoms with Crippen LogP contribution in [-0.2, 0) is 19.1 Å². The molecule has 3 rings (SSSR count). The molecule has 0 saturated carbocycles. The second-order valence-corrected chi connectivity index (χ2v) is 8.17. The molecule has 1 fully saturated rings. The highest BCUT2D eigenvalue weighted by Gasteiger charge is 2.28. The number of anilines is 2. The van der Waals surface area contributed by atoms with Gasteiger partial charge in [0.25, 0.3) is 5.91 Å². The van der Waals surface area contributed by atoms with Gasteiger partial charge in [-0.3, -0.25) is 9.59 Å². The van der Waals surface area contributed by atoms with Crippen LogP contribution in [0, 0.1) is 19.8 Å². The van der Waals surface area contributed by atoms with Crippen LogP contribution in [0.2, 0.25) is 0 Å². The van der Waals surface area contributed by atoms with Crippen molar-refractivity contribution in [3.8, 4) is 0 Å². The molecule has 3 heterocycles. The van der Waals surface area contributed by atoms with E-state index in [0.29, 0.717) is 42.4 Å². The Hall–Kier alpha value is -3.01. The largest absolute Gasteiger partial charge is 0.465 e. The van der Waals surface area contributed by atoms with E-state index in [0.717, 1.165) is 10.4 Å². The molecule has 1 aliphatic rings. The molecule has 0 aromatic carbocycles. The fourth-order valence-electron chi connectivity index (χ4n) is 3.25. The average molecular weight is 433 g/mol. The standard InChI is InChI=1S/C20H24N4O5S/c1-12-13(2)30-17(16(12)19(27)28-3)23-15(25)11-29-18(26)14-5-9-24(10-6-14)20-21-7-4-8-22-20/h4,7-8,14H,5-6,9-11H2,1-3H3,(H,23,25). The van der Waals surface area contributed by atoms with Crippen molar-refractivity contribution in [2.75, 3.05) is 37.0 Å². The molecule has 9 nitrogen and oxygen atoms in total. The van der Waals surface area contributed by atoms with Gasteiger partial charge in [-0.05, 0) is 38.3 Å². The number of aryl methyl sites for hydroxylation is 1. The Kier molecular flexibility index (Phi) is 6.99. The maximum Gasteiger partial charge on any atom is 0.341 e. The molecule has 0 radical (unpaired) electrons. The van der Waals surface area contributed by atoms with Gasteiger partial charge >= 0.3 is 11.9 Å². The Balaban J connectivity index is 1.49. The first kappa shape index (κ1) is 21.7. The molecular weight excluding hydrogens is 408 g/mol. The van der Waals surface area contributed by atoms with E-state index in [-0.39, 0.29) is 5.92 Å². The van der Waals surface area contributed by atoms with Crippen molar-refractivity contribution < 1.29 is 23.9 Å². The van der Waals surface area contributed by atoms with Crippen molar-refractivity contribution in [1.82, 2.24) is 9.97 Å². The van der Waals surface area contributed by atoms with Crippen molar-refractivity contribution in [2.24, 2.45) is 5.92 Å². The van der Waals surface area contributed by atoms with Crippen molar-refractivity contribution in [1.29, 1.82) is 0 Å². The van der Waals surface area contributed by atoms with Crippen LogP contribution in [0.5, 0.6) is 0 Å². The second-order valence-electron chi connectivity index (χ2n) is 6.94. The highest BCUT2D eigenvalue weighted by Crippen LogP contribution is 2.33. The van der Waals surface area contributed by atoms with Gasteiger partial charge in [-0.1, -0.05) is 0 Å². The van der Waals surface area contributed by atoms with E-state index in [4.69, 9.17) is 9.47 Å². The summed E-state index contributed by atoms with van der Waals surface area (Å²) in [6, 6.07) is 1.76. The highest BCUT2D eigenvalue weighted by molar-refractivity contribution is 7.16. The van der Waals surface area contributed by atoms with Crippen LogP contribution in [0.25, 0.3) is 0 Å². The molecule has 1 amide bonds. The fraction of sp³-hybridized carbons (Fsp3) is 0.450. The smallest absolute Gasteiger partial charge is 0.341 e. The van der Waals surface area contributed by atoms with E-state index in [1.54, 1.807) is 25.4 Å². The number of methoxy groups -OCH3 is 1. The summed E-state index contributed by atoms with van der Waals surface area (Å²) in [6.45, 7) is 4.53. The SMILES string of the molecule is COC(=O)c1c(NC(=O)COC(=O)C2CCN(c3ncccn3)CC2)sc(C)c1C. The zero-order valence-electron chi connectivity index (χ0n) is 17.1. The number of thiophene rings is 1. The number of rotatable bonds is 6. The minimum absolute atomic E-state index is 0.269. The van der Waals surface area contributed by atoms with E-state index in [1.807, 2.05) is 11.8 Å². The molecule has 1 N–H and O–H groups in total. The molecule has 160 valence electrons. The molecule has 0 atom stereocenters. The predicted molar refractivity (Wildman–Crippen MR) is 112 cm³/mol. The average Bonchev–Trinajstić information content (AvgIpc) is 3.05. The van der Waals surface area contributed by atoms with Crippen LogP contribution in [0.4, 0.5) is 10.9 Å². The molecule has 30 heavy (non-hydrogen) atoms. The van der Waals surface area contributed by atoms with Gasteiger partial charge in [-0.2, -0.15) is 0 Å². The van der Waals surface area contributed by atoms with Crippen molar-refractivity contribution in [2.45, 2.75) is 26.7 Å². The number of carbonyl (C=O) groups excluding carboxylic acids is 3. The Morgan fingerprint density at radius 1 is 1.20 bits per heavy atom. The number of hydrogen-bond acceptors (Lipinski definition) is 9. The second kappa shape index (κ2) is 9.66. The van der Waals surface area contributed by atoms with Crippen LogP contribution in [-0.4, -0.2) is 54.6 Å². The van der Waals surface area contributed by atoms with Crippen LogP contribution < -0.4 is 10.2 Å². The topological polar surface area (TPSA) is 111 Å². The molecule has 0 unspecified atom stereocenters. The van der Waals surface area contributed by atoms with Gasteiger partial charge < -0.3 is 19.7 Å². The molecule has 1 saturated heterocycles. The van der Waals surface area contributed by atoms with E-state index in [9.17, 15) is 14.4 Å². The third-order valence-electron chi connectivity index (χ3n) is 5.04. The molecule has 10 heteroatoms. The van der Waals surface area contributed by atoms with Gasteiger partial charge in [-0.25, -0.2) is 14.8 Å². The third-order valence-corrected chi connectivity index (χ3v) is 6.16. The van der Waals surface area contributed by atoms with Gasteiger partial charge in [0.15, 0.2) is 6.61 Å². The lowest BCUT2D eigenvalue weighted by atomic mass is 9.97. The molecule has 2 aromatic heterocycles. The number of esters is 2. The Labute approximate surface area is 178 Å². The molecule has 0 aliphatic carbocycles. The summed E-state index contributed by atoms with van der Waals surface area (Å²) < 4.78 is 10.00. The number of amides is 1. The first-order chi connectivity index (χ1) is 14.4. The fourth-order valence-corrected chi connectivity index (χ4v) is 4.31. The summed E-state index contributed by atoms with van der Waals surface area (Å²) in [6.07, 6.45) is 4.58. The molecular formula is C20H24N4O5S. The van der Waals surface area contributed by atoms with Gasteiger partial charge in [0.1, 0.15) is 5.00 Å². The monoisotopic (exact) mass is 432 g/mol. The predicted octanol–water partition coefficient (Wildman–Crippen LogP) is 2.34. The van der Waals surface area contributed by atoms with E-state index < -0.39 is 24.5 Å². The van der Waals surface area contributed by atoms with Gasteiger partial charge in [0, 0.05) is 30.4 Å².